The molecule has 2 heterocycles. The van der Waals surface area contributed by atoms with Crippen molar-refractivity contribution in [1.82, 2.24) is 10.2 Å². The Labute approximate surface area is 156 Å². The molecule has 1 unspecified atom stereocenters. The van der Waals surface area contributed by atoms with Gasteiger partial charge < -0.3 is 15.0 Å². The second kappa shape index (κ2) is 8.59. The first-order chi connectivity index (χ1) is 12.1. The monoisotopic (exact) mass is 388 g/mol. The first-order valence-electron chi connectivity index (χ1n) is 9.52. The maximum absolute atomic E-state index is 12.3. The summed E-state index contributed by atoms with van der Waals surface area (Å²) in [7, 11) is -2.82. The van der Waals surface area contributed by atoms with Gasteiger partial charge in [-0.25, -0.2) is 13.2 Å². The summed E-state index contributed by atoms with van der Waals surface area (Å²) in [5, 5.41) is 2.96. The summed E-state index contributed by atoms with van der Waals surface area (Å²) in [6.07, 6.45) is 3.37. The molecule has 0 bridgehead atoms. The van der Waals surface area contributed by atoms with Crippen LogP contribution in [0.3, 0.4) is 0 Å². The van der Waals surface area contributed by atoms with Crippen LogP contribution in [0.2, 0.25) is 0 Å². The smallest absolute Gasteiger partial charge is 0.410 e. The molecule has 0 aromatic heterocycles. The Morgan fingerprint density at radius 1 is 1.15 bits per heavy atom. The zero-order valence-electron chi connectivity index (χ0n) is 16.1. The third-order valence-electron chi connectivity index (χ3n) is 4.93. The predicted octanol–water partition coefficient (Wildman–Crippen LogP) is 1.96. The molecule has 150 valence electrons. The molecule has 1 N–H and O–H groups in total. The van der Waals surface area contributed by atoms with Crippen LogP contribution in [0, 0.1) is 11.8 Å². The molecular formula is C18H32N2O5S. The van der Waals surface area contributed by atoms with Gasteiger partial charge in [-0.15, -0.1) is 0 Å². The average molecular weight is 389 g/mol. The maximum Gasteiger partial charge on any atom is 0.410 e. The highest BCUT2D eigenvalue weighted by Gasteiger charge is 2.30. The number of sulfone groups is 1. The average Bonchev–Trinajstić information content (AvgIpc) is 2.89. The molecule has 2 aliphatic rings. The molecule has 2 aliphatic heterocycles. The van der Waals surface area contributed by atoms with Crippen molar-refractivity contribution < 1.29 is 22.7 Å². The molecule has 8 heteroatoms. The third-order valence-corrected chi connectivity index (χ3v) is 6.77. The Hall–Kier alpha value is -1.31. The highest BCUT2D eigenvalue weighted by molar-refractivity contribution is 7.91. The van der Waals surface area contributed by atoms with Gasteiger partial charge in [-0.3, -0.25) is 4.79 Å². The van der Waals surface area contributed by atoms with E-state index in [1.165, 1.54) is 0 Å². The van der Waals surface area contributed by atoms with E-state index in [0.29, 0.717) is 44.0 Å². The minimum Gasteiger partial charge on any atom is -0.444 e. The van der Waals surface area contributed by atoms with Crippen molar-refractivity contribution in [3.8, 4) is 0 Å². The Balaban J connectivity index is 1.62. The van der Waals surface area contributed by atoms with Gasteiger partial charge in [0.1, 0.15) is 5.60 Å². The summed E-state index contributed by atoms with van der Waals surface area (Å²) in [4.78, 5) is 26.0. The fourth-order valence-corrected chi connectivity index (χ4v) is 5.41. The van der Waals surface area contributed by atoms with Crippen LogP contribution in [0.15, 0.2) is 0 Å². The molecule has 1 atom stereocenters. The number of likely N-dealkylation sites (tertiary alicyclic amines) is 1. The molecule has 26 heavy (non-hydrogen) atoms. The lowest BCUT2D eigenvalue weighted by Crippen LogP contribution is -2.45. The van der Waals surface area contributed by atoms with Gasteiger partial charge in [0.15, 0.2) is 9.84 Å². The van der Waals surface area contributed by atoms with Crippen molar-refractivity contribution in [1.29, 1.82) is 0 Å². The Morgan fingerprint density at radius 2 is 1.81 bits per heavy atom. The van der Waals surface area contributed by atoms with Crippen molar-refractivity contribution in [3.63, 3.8) is 0 Å². The molecule has 2 amide bonds. The lowest BCUT2D eigenvalue weighted by atomic mass is 9.96. The summed E-state index contributed by atoms with van der Waals surface area (Å²) in [6.45, 7) is 7.17. The molecule has 2 rings (SSSR count). The molecule has 0 aromatic carbocycles. The van der Waals surface area contributed by atoms with Crippen LogP contribution in [-0.4, -0.2) is 62.1 Å². The van der Waals surface area contributed by atoms with Crippen molar-refractivity contribution in [2.45, 2.75) is 58.5 Å². The van der Waals surface area contributed by atoms with Gasteiger partial charge in [-0.05, 0) is 58.8 Å². The van der Waals surface area contributed by atoms with Crippen molar-refractivity contribution >= 4 is 21.8 Å². The molecule has 2 saturated heterocycles. The Kier molecular flexibility index (Phi) is 6.93. The van der Waals surface area contributed by atoms with Gasteiger partial charge in [0.05, 0.1) is 11.5 Å². The van der Waals surface area contributed by atoms with E-state index in [4.69, 9.17) is 4.74 Å². The third kappa shape index (κ3) is 6.78. The van der Waals surface area contributed by atoms with Crippen LogP contribution < -0.4 is 5.32 Å². The standard InChI is InChI=1S/C18H32N2O5S/c1-18(2,3)25-17(22)20-10-6-15(7-11-20)16(21)19-9-4-5-14-8-12-26(23,24)13-14/h14-15H,4-13H2,1-3H3,(H,19,21). The van der Waals surface area contributed by atoms with E-state index < -0.39 is 15.4 Å². The van der Waals surface area contributed by atoms with Crippen molar-refractivity contribution in [2.75, 3.05) is 31.1 Å². The number of amides is 2. The summed E-state index contributed by atoms with van der Waals surface area (Å²) in [5.74, 6) is 0.812. The molecule has 2 fully saturated rings. The van der Waals surface area contributed by atoms with Crippen LogP contribution in [0.1, 0.15) is 52.9 Å². The molecule has 0 radical (unpaired) electrons. The van der Waals surface area contributed by atoms with E-state index in [-0.39, 0.29) is 23.8 Å². The SMILES string of the molecule is CC(C)(C)OC(=O)N1CCC(C(=O)NCCCC2CCS(=O)(=O)C2)CC1. The number of ether oxygens (including phenoxy) is 1. The summed E-state index contributed by atoms with van der Waals surface area (Å²) >= 11 is 0. The lowest BCUT2D eigenvalue weighted by Gasteiger charge is -2.32. The molecule has 0 aliphatic carbocycles. The minimum absolute atomic E-state index is 0.0351. The molecule has 0 spiro atoms. The summed E-state index contributed by atoms with van der Waals surface area (Å²) < 4.78 is 28.2. The normalized spacial score (nSPS) is 23.7. The highest BCUT2D eigenvalue weighted by atomic mass is 32.2. The summed E-state index contributed by atoms with van der Waals surface area (Å²) in [6, 6.07) is 0. The van der Waals surface area contributed by atoms with Gasteiger partial charge in [-0.1, -0.05) is 0 Å². The highest BCUT2D eigenvalue weighted by Crippen LogP contribution is 2.23. The van der Waals surface area contributed by atoms with E-state index in [1.54, 1.807) is 4.90 Å². The number of hydrogen-bond acceptors (Lipinski definition) is 5. The second-order valence-electron chi connectivity index (χ2n) is 8.44. The van der Waals surface area contributed by atoms with E-state index in [9.17, 15) is 18.0 Å². The van der Waals surface area contributed by atoms with Gasteiger partial charge >= 0.3 is 6.09 Å². The molecular weight excluding hydrogens is 356 g/mol. The van der Waals surface area contributed by atoms with Crippen LogP contribution in [0.25, 0.3) is 0 Å². The second-order valence-corrected chi connectivity index (χ2v) is 10.7. The number of carbonyl (C=O) groups excluding carboxylic acids is 2. The fraction of sp³-hybridized carbons (Fsp3) is 0.889. The first-order valence-corrected chi connectivity index (χ1v) is 11.3. The predicted molar refractivity (Wildman–Crippen MR) is 99.5 cm³/mol. The zero-order chi connectivity index (χ0) is 19.4. The van der Waals surface area contributed by atoms with Gasteiger partial charge in [0, 0.05) is 25.6 Å². The summed E-state index contributed by atoms with van der Waals surface area (Å²) in [5.41, 5.74) is -0.510. The van der Waals surface area contributed by atoms with Crippen LogP contribution in [0.5, 0.6) is 0 Å². The maximum atomic E-state index is 12.3. The lowest BCUT2D eigenvalue weighted by molar-refractivity contribution is -0.126. The van der Waals surface area contributed by atoms with E-state index >= 15 is 0 Å². The Bertz CT molecular complexity index is 604. The minimum atomic E-state index is -2.82. The van der Waals surface area contributed by atoms with Crippen molar-refractivity contribution in [3.05, 3.63) is 0 Å². The number of carbonyl (C=O) groups is 2. The topological polar surface area (TPSA) is 92.8 Å². The van der Waals surface area contributed by atoms with Gasteiger partial charge in [0.25, 0.3) is 0 Å². The number of hydrogen-bond donors (Lipinski definition) is 1. The number of piperidine rings is 1. The zero-order valence-corrected chi connectivity index (χ0v) is 16.9. The Morgan fingerprint density at radius 3 is 2.35 bits per heavy atom. The van der Waals surface area contributed by atoms with Crippen LogP contribution in [0.4, 0.5) is 4.79 Å². The largest absolute Gasteiger partial charge is 0.444 e. The van der Waals surface area contributed by atoms with E-state index in [0.717, 1.165) is 19.3 Å². The van der Waals surface area contributed by atoms with Gasteiger partial charge in [0.2, 0.25) is 5.91 Å². The first kappa shape index (κ1) is 21.0. The van der Waals surface area contributed by atoms with E-state index in [1.807, 2.05) is 20.8 Å². The van der Waals surface area contributed by atoms with Crippen LogP contribution in [-0.2, 0) is 19.4 Å². The number of nitrogens with zero attached hydrogens (tertiary/aromatic N) is 1. The quantitative estimate of drug-likeness (QED) is 0.727. The molecule has 0 saturated carbocycles. The number of nitrogens with one attached hydrogen (secondary N) is 1. The van der Waals surface area contributed by atoms with E-state index in [2.05, 4.69) is 5.32 Å². The fourth-order valence-electron chi connectivity index (χ4n) is 3.50. The van der Waals surface area contributed by atoms with Crippen molar-refractivity contribution in [2.24, 2.45) is 11.8 Å². The number of rotatable bonds is 5. The molecule has 7 nitrogen and oxygen atoms in total. The van der Waals surface area contributed by atoms with Crippen LogP contribution >= 0.6 is 0 Å². The molecule has 0 aromatic rings. The van der Waals surface area contributed by atoms with Gasteiger partial charge in [-0.2, -0.15) is 0 Å².